The molecule has 0 heterocycles. The second kappa shape index (κ2) is 6.24. The van der Waals surface area contributed by atoms with Gasteiger partial charge in [-0.05, 0) is 32.6 Å². The summed E-state index contributed by atoms with van der Waals surface area (Å²) in [5.41, 5.74) is -0.462. The maximum absolute atomic E-state index is 9.65. The van der Waals surface area contributed by atoms with Gasteiger partial charge in [0.1, 0.15) is 0 Å². The molecule has 0 bridgehead atoms. The van der Waals surface area contributed by atoms with Crippen molar-refractivity contribution in [2.45, 2.75) is 58.5 Å². The molecule has 1 N–H and O–H groups in total. The smallest absolute Gasteiger partial charge is 0.0620 e. The van der Waals surface area contributed by atoms with Gasteiger partial charge in [0, 0.05) is 0 Å². The SMILES string of the molecule is CCCC=CCCC(C)(O)CC. The molecule has 0 aromatic rings. The van der Waals surface area contributed by atoms with Crippen molar-refractivity contribution in [1.82, 2.24) is 0 Å². The Morgan fingerprint density at radius 2 is 1.75 bits per heavy atom. The fraction of sp³-hybridized carbons (Fsp3) is 0.818. The molecule has 0 aromatic heterocycles. The molecule has 72 valence electrons. The molecule has 0 aliphatic heterocycles. The average Bonchev–Trinajstić information content (AvgIpc) is 2.04. The Kier molecular flexibility index (Phi) is 6.09. The average molecular weight is 170 g/mol. The van der Waals surface area contributed by atoms with E-state index in [1.807, 2.05) is 13.8 Å². The van der Waals surface area contributed by atoms with Gasteiger partial charge < -0.3 is 5.11 Å². The van der Waals surface area contributed by atoms with Crippen LogP contribution in [-0.4, -0.2) is 10.7 Å². The van der Waals surface area contributed by atoms with E-state index in [9.17, 15) is 5.11 Å². The zero-order chi connectivity index (χ0) is 9.45. The highest BCUT2D eigenvalue weighted by Gasteiger charge is 2.15. The van der Waals surface area contributed by atoms with Crippen LogP contribution in [0.5, 0.6) is 0 Å². The summed E-state index contributed by atoms with van der Waals surface area (Å²) in [6.45, 7) is 6.10. The summed E-state index contributed by atoms with van der Waals surface area (Å²) in [5, 5.41) is 9.65. The van der Waals surface area contributed by atoms with Crippen LogP contribution in [0, 0.1) is 0 Å². The number of rotatable bonds is 6. The number of allylic oxidation sites excluding steroid dienone is 2. The quantitative estimate of drug-likeness (QED) is 0.606. The lowest BCUT2D eigenvalue weighted by molar-refractivity contribution is 0.0480. The molecule has 0 saturated heterocycles. The Morgan fingerprint density at radius 1 is 1.17 bits per heavy atom. The predicted octanol–water partition coefficient (Wildman–Crippen LogP) is 3.28. The molecular formula is C11H22O. The lowest BCUT2D eigenvalue weighted by Crippen LogP contribution is -2.21. The van der Waals surface area contributed by atoms with Gasteiger partial charge in [-0.3, -0.25) is 0 Å². The van der Waals surface area contributed by atoms with Crippen molar-refractivity contribution < 1.29 is 5.11 Å². The van der Waals surface area contributed by atoms with Gasteiger partial charge >= 0.3 is 0 Å². The maximum Gasteiger partial charge on any atom is 0.0620 e. The second-order valence-electron chi connectivity index (χ2n) is 3.65. The maximum atomic E-state index is 9.65. The molecule has 1 unspecified atom stereocenters. The van der Waals surface area contributed by atoms with Crippen LogP contribution in [0.25, 0.3) is 0 Å². The van der Waals surface area contributed by atoms with E-state index in [0.717, 1.165) is 25.7 Å². The summed E-state index contributed by atoms with van der Waals surface area (Å²) in [4.78, 5) is 0. The number of unbranched alkanes of at least 4 members (excludes halogenated alkanes) is 1. The van der Waals surface area contributed by atoms with Crippen molar-refractivity contribution in [2.75, 3.05) is 0 Å². The van der Waals surface area contributed by atoms with E-state index in [0.29, 0.717) is 0 Å². The number of aliphatic hydroxyl groups is 1. The van der Waals surface area contributed by atoms with Crippen LogP contribution in [0.15, 0.2) is 12.2 Å². The van der Waals surface area contributed by atoms with Gasteiger partial charge in [-0.1, -0.05) is 32.4 Å². The van der Waals surface area contributed by atoms with Gasteiger partial charge in [0.25, 0.3) is 0 Å². The lowest BCUT2D eigenvalue weighted by atomic mass is 9.97. The van der Waals surface area contributed by atoms with Crippen molar-refractivity contribution in [1.29, 1.82) is 0 Å². The first kappa shape index (κ1) is 11.7. The molecule has 1 nitrogen and oxygen atoms in total. The minimum atomic E-state index is -0.462. The third-order valence-electron chi connectivity index (χ3n) is 2.23. The summed E-state index contributed by atoms with van der Waals surface area (Å²) in [7, 11) is 0. The second-order valence-corrected chi connectivity index (χ2v) is 3.65. The van der Waals surface area contributed by atoms with Gasteiger partial charge in [-0.15, -0.1) is 0 Å². The third-order valence-corrected chi connectivity index (χ3v) is 2.23. The highest BCUT2D eigenvalue weighted by Crippen LogP contribution is 2.15. The van der Waals surface area contributed by atoms with Crippen molar-refractivity contribution in [2.24, 2.45) is 0 Å². The first-order valence-electron chi connectivity index (χ1n) is 4.99. The Morgan fingerprint density at radius 3 is 2.25 bits per heavy atom. The summed E-state index contributed by atoms with van der Waals surface area (Å²) in [6, 6.07) is 0. The molecule has 0 aliphatic carbocycles. The van der Waals surface area contributed by atoms with E-state index in [4.69, 9.17) is 0 Å². The zero-order valence-electron chi connectivity index (χ0n) is 8.64. The molecule has 0 amide bonds. The van der Waals surface area contributed by atoms with Gasteiger partial charge in [0.05, 0.1) is 5.60 Å². The summed E-state index contributed by atoms with van der Waals surface area (Å²) in [5.74, 6) is 0. The topological polar surface area (TPSA) is 20.2 Å². The van der Waals surface area contributed by atoms with E-state index in [1.165, 1.54) is 6.42 Å². The molecule has 0 radical (unpaired) electrons. The largest absolute Gasteiger partial charge is 0.390 e. The van der Waals surface area contributed by atoms with Crippen LogP contribution in [0.2, 0.25) is 0 Å². The number of hydrogen-bond acceptors (Lipinski definition) is 1. The van der Waals surface area contributed by atoms with Crippen molar-refractivity contribution in [3.05, 3.63) is 12.2 Å². The van der Waals surface area contributed by atoms with Gasteiger partial charge in [0.15, 0.2) is 0 Å². The fourth-order valence-corrected chi connectivity index (χ4v) is 0.973. The van der Waals surface area contributed by atoms with E-state index >= 15 is 0 Å². The fourth-order valence-electron chi connectivity index (χ4n) is 0.973. The first-order valence-corrected chi connectivity index (χ1v) is 4.99. The van der Waals surface area contributed by atoms with E-state index in [-0.39, 0.29) is 0 Å². The van der Waals surface area contributed by atoms with Gasteiger partial charge in [-0.25, -0.2) is 0 Å². The Balaban J connectivity index is 3.42. The molecule has 0 saturated carbocycles. The van der Waals surface area contributed by atoms with Crippen LogP contribution in [0.4, 0.5) is 0 Å². The Labute approximate surface area is 76.5 Å². The van der Waals surface area contributed by atoms with Crippen LogP contribution in [-0.2, 0) is 0 Å². The van der Waals surface area contributed by atoms with Crippen molar-refractivity contribution in [3.63, 3.8) is 0 Å². The minimum Gasteiger partial charge on any atom is -0.390 e. The van der Waals surface area contributed by atoms with Crippen molar-refractivity contribution >= 4 is 0 Å². The summed E-state index contributed by atoms with van der Waals surface area (Å²) in [6.07, 6.45) is 9.47. The highest BCUT2D eigenvalue weighted by atomic mass is 16.3. The molecule has 0 aliphatic rings. The zero-order valence-corrected chi connectivity index (χ0v) is 8.64. The third kappa shape index (κ3) is 6.41. The molecular weight excluding hydrogens is 148 g/mol. The van der Waals surface area contributed by atoms with Crippen molar-refractivity contribution in [3.8, 4) is 0 Å². The van der Waals surface area contributed by atoms with Gasteiger partial charge in [0.2, 0.25) is 0 Å². The van der Waals surface area contributed by atoms with Crippen LogP contribution < -0.4 is 0 Å². The number of hydrogen-bond donors (Lipinski definition) is 1. The van der Waals surface area contributed by atoms with E-state index < -0.39 is 5.60 Å². The lowest BCUT2D eigenvalue weighted by Gasteiger charge is -2.19. The Hall–Kier alpha value is -0.300. The Bertz CT molecular complexity index is 125. The molecule has 0 fully saturated rings. The molecule has 0 spiro atoms. The van der Waals surface area contributed by atoms with Crippen LogP contribution in [0.3, 0.4) is 0 Å². The predicted molar refractivity (Wildman–Crippen MR) is 54.2 cm³/mol. The van der Waals surface area contributed by atoms with E-state index in [2.05, 4.69) is 19.1 Å². The first-order chi connectivity index (χ1) is 5.62. The molecule has 1 heteroatoms. The van der Waals surface area contributed by atoms with Gasteiger partial charge in [-0.2, -0.15) is 0 Å². The molecule has 0 rings (SSSR count). The normalized spacial score (nSPS) is 16.7. The summed E-state index contributed by atoms with van der Waals surface area (Å²) < 4.78 is 0. The molecule has 0 aromatic carbocycles. The van der Waals surface area contributed by atoms with Crippen LogP contribution >= 0.6 is 0 Å². The summed E-state index contributed by atoms with van der Waals surface area (Å²) >= 11 is 0. The standard InChI is InChI=1S/C11H22O/c1-4-6-7-8-9-10-11(3,12)5-2/h7-8,12H,4-6,9-10H2,1-3H3. The minimum absolute atomic E-state index is 0.462. The molecule has 1 atom stereocenters. The van der Waals surface area contributed by atoms with Crippen LogP contribution in [0.1, 0.15) is 52.9 Å². The molecule has 12 heavy (non-hydrogen) atoms. The monoisotopic (exact) mass is 170 g/mol. The van der Waals surface area contributed by atoms with E-state index in [1.54, 1.807) is 0 Å². The highest BCUT2D eigenvalue weighted by molar-refractivity contribution is 4.84.